The summed E-state index contributed by atoms with van der Waals surface area (Å²) in [5.74, 6) is 0. The van der Waals surface area contributed by atoms with Crippen LogP contribution in [0.25, 0.3) is 10.8 Å². The molecule has 0 aliphatic heterocycles. The molecule has 0 fully saturated rings. The predicted octanol–water partition coefficient (Wildman–Crippen LogP) is 2.45. The minimum absolute atomic E-state index is 0.231. The maximum absolute atomic E-state index is 11.0. The first kappa shape index (κ1) is 10.2. The Balaban J connectivity index is 2.34. The van der Waals surface area contributed by atoms with Crippen molar-refractivity contribution in [3.05, 3.63) is 42.5 Å². The molecule has 0 atom stereocenters. The Bertz CT molecular complexity index is 494. The van der Waals surface area contributed by atoms with E-state index in [2.05, 4.69) is 0 Å². The normalized spacial score (nSPS) is 10.5. The summed E-state index contributed by atoms with van der Waals surface area (Å²) in [4.78, 5) is 11.9. The van der Waals surface area contributed by atoms with Gasteiger partial charge in [0.2, 0.25) is 5.12 Å². The van der Waals surface area contributed by atoms with E-state index in [1.165, 1.54) is 0 Å². The Kier molecular flexibility index (Phi) is 3.04. The third-order valence-corrected chi connectivity index (χ3v) is 2.93. The topological polar surface area (TPSA) is 37.3 Å². The van der Waals surface area contributed by atoms with Crippen molar-refractivity contribution in [3.63, 3.8) is 0 Å². The van der Waals surface area contributed by atoms with E-state index in [0.717, 1.165) is 27.4 Å². The highest BCUT2D eigenvalue weighted by molar-refractivity contribution is 8.13. The average molecular weight is 218 g/mol. The molecule has 1 N–H and O–H groups in total. The molecule has 2 aromatic carbocycles. The predicted molar refractivity (Wildman–Crippen MR) is 61.9 cm³/mol. The highest BCUT2D eigenvalue weighted by Crippen LogP contribution is 2.23. The minimum Gasteiger partial charge on any atom is -0.388 e. The average Bonchev–Trinajstić information content (AvgIpc) is 2.29. The van der Waals surface area contributed by atoms with Crippen LogP contribution in [0.1, 0.15) is 0 Å². The molecule has 2 aromatic rings. The molecule has 0 heterocycles. The van der Waals surface area contributed by atoms with Crippen LogP contribution in [0.5, 0.6) is 0 Å². The van der Waals surface area contributed by atoms with Crippen LogP contribution < -0.4 is 0 Å². The second-order valence-electron chi connectivity index (χ2n) is 3.14. The molecule has 0 saturated carbocycles. The number of carbonyl (C=O) groups is 1. The molecule has 76 valence electrons. The quantitative estimate of drug-likeness (QED) is 0.787. The van der Waals surface area contributed by atoms with Crippen molar-refractivity contribution in [3.8, 4) is 0 Å². The van der Waals surface area contributed by atoms with Crippen LogP contribution in [0.4, 0.5) is 0 Å². The van der Waals surface area contributed by atoms with E-state index in [-0.39, 0.29) is 5.12 Å². The van der Waals surface area contributed by atoms with Gasteiger partial charge in [0.15, 0.2) is 0 Å². The maximum atomic E-state index is 11.0. The van der Waals surface area contributed by atoms with Crippen molar-refractivity contribution in [2.75, 3.05) is 6.61 Å². The summed E-state index contributed by atoms with van der Waals surface area (Å²) in [5, 5.41) is 10.7. The van der Waals surface area contributed by atoms with E-state index in [0.29, 0.717) is 0 Å². The molecule has 0 bridgehead atoms. The summed E-state index contributed by atoms with van der Waals surface area (Å²) in [6, 6.07) is 13.8. The van der Waals surface area contributed by atoms with Gasteiger partial charge in [-0.2, -0.15) is 0 Å². The van der Waals surface area contributed by atoms with E-state index in [4.69, 9.17) is 5.11 Å². The molecule has 2 nitrogen and oxygen atoms in total. The van der Waals surface area contributed by atoms with Gasteiger partial charge in [0, 0.05) is 4.90 Å². The molecule has 0 saturated heterocycles. The first-order valence-electron chi connectivity index (χ1n) is 4.60. The number of thioether (sulfide) groups is 1. The molecule has 15 heavy (non-hydrogen) atoms. The lowest BCUT2D eigenvalue weighted by atomic mass is 10.1. The Hall–Kier alpha value is -1.32. The van der Waals surface area contributed by atoms with Crippen LogP contribution in [-0.4, -0.2) is 16.8 Å². The van der Waals surface area contributed by atoms with Gasteiger partial charge in [0.1, 0.15) is 6.61 Å². The van der Waals surface area contributed by atoms with Crippen molar-refractivity contribution >= 4 is 27.6 Å². The first-order valence-corrected chi connectivity index (χ1v) is 5.41. The number of rotatable bonds is 2. The van der Waals surface area contributed by atoms with Gasteiger partial charge in [-0.3, -0.25) is 4.79 Å². The van der Waals surface area contributed by atoms with E-state index in [9.17, 15) is 4.79 Å². The number of hydrogen-bond acceptors (Lipinski definition) is 3. The standard InChI is InChI=1S/C12H10O2S/c13-8-12(14)15-11-6-5-9-3-1-2-4-10(9)7-11/h1-7,13H,8H2. The molecule has 0 spiro atoms. The Morgan fingerprint density at radius 2 is 1.87 bits per heavy atom. The number of hydrogen-bond donors (Lipinski definition) is 1. The summed E-state index contributed by atoms with van der Waals surface area (Å²) in [7, 11) is 0. The van der Waals surface area contributed by atoms with Crippen LogP contribution in [-0.2, 0) is 4.79 Å². The number of aliphatic hydroxyl groups is 1. The summed E-state index contributed by atoms with van der Waals surface area (Å²) < 4.78 is 0. The number of fused-ring (bicyclic) bond motifs is 1. The van der Waals surface area contributed by atoms with Gasteiger partial charge in [0.25, 0.3) is 0 Å². The molecule has 0 unspecified atom stereocenters. The second kappa shape index (κ2) is 4.47. The van der Waals surface area contributed by atoms with Gasteiger partial charge in [0.05, 0.1) is 0 Å². The van der Waals surface area contributed by atoms with Crippen molar-refractivity contribution in [1.82, 2.24) is 0 Å². The van der Waals surface area contributed by atoms with Crippen LogP contribution in [0, 0.1) is 0 Å². The Morgan fingerprint density at radius 3 is 2.60 bits per heavy atom. The van der Waals surface area contributed by atoms with Crippen molar-refractivity contribution in [1.29, 1.82) is 0 Å². The summed E-state index contributed by atoms with van der Waals surface area (Å²) in [6.45, 7) is -0.419. The SMILES string of the molecule is O=C(CO)Sc1ccc2ccccc2c1. The third kappa shape index (κ3) is 2.37. The fraction of sp³-hybridized carbons (Fsp3) is 0.0833. The lowest BCUT2D eigenvalue weighted by Crippen LogP contribution is -1.96. The van der Waals surface area contributed by atoms with Gasteiger partial charge in [-0.05, 0) is 34.7 Å². The molecule has 0 radical (unpaired) electrons. The summed E-state index contributed by atoms with van der Waals surface area (Å²) in [6.07, 6.45) is 0. The number of benzene rings is 2. The molecule has 0 aliphatic rings. The van der Waals surface area contributed by atoms with E-state index >= 15 is 0 Å². The second-order valence-corrected chi connectivity index (χ2v) is 4.27. The summed E-state index contributed by atoms with van der Waals surface area (Å²) >= 11 is 1.07. The lowest BCUT2D eigenvalue weighted by Gasteiger charge is -2.01. The van der Waals surface area contributed by atoms with Crippen molar-refractivity contribution in [2.45, 2.75) is 4.90 Å². The largest absolute Gasteiger partial charge is 0.388 e. The molecule has 3 heteroatoms. The van der Waals surface area contributed by atoms with E-state index in [1.54, 1.807) is 0 Å². The van der Waals surface area contributed by atoms with Crippen LogP contribution in [0.2, 0.25) is 0 Å². The van der Waals surface area contributed by atoms with Crippen LogP contribution in [0.3, 0.4) is 0 Å². The molecular formula is C12H10O2S. The maximum Gasteiger partial charge on any atom is 0.219 e. The zero-order chi connectivity index (χ0) is 10.7. The summed E-state index contributed by atoms with van der Waals surface area (Å²) in [5.41, 5.74) is 0. The van der Waals surface area contributed by atoms with Gasteiger partial charge in [-0.1, -0.05) is 30.3 Å². The minimum atomic E-state index is -0.419. The zero-order valence-corrected chi connectivity index (χ0v) is 8.83. The third-order valence-electron chi connectivity index (χ3n) is 2.08. The van der Waals surface area contributed by atoms with Gasteiger partial charge >= 0.3 is 0 Å². The van der Waals surface area contributed by atoms with Crippen molar-refractivity contribution < 1.29 is 9.90 Å². The van der Waals surface area contributed by atoms with Gasteiger partial charge in [-0.15, -0.1) is 0 Å². The smallest absolute Gasteiger partial charge is 0.219 e. The number of carbonyl (C=O) groups excluding carboxylic acids is 1. The number of aliphatic hydroxyl groups excluding tert-OH is 1. The van der Waals surface area contributed by atoms with E-state index in [1.807, 2.05) is 42.5 Å². The molecule has 0 amide bonds. The first-order chi connectivity index (χ1) is 7.29. The van der Waals surface area contributed by atoms with Gasteiger partial charge < -0.3 is 5.11 Å². The van der Waals surface area contributed by atoms with E-state index < -0.39 is 6.61 Å². The van der Waals surface area contributed by atoms with Gasteiger partial charge in [-0.25, -0.2) is 0 Å². The zero-order valence-electron chi connectivity index (χ0n) is 8.01. The fourth-order valence-corrected chi connectivity index (χ4v) is 2.04. The molecular weight excluding hydrogens is 208 g/mol. The Labute approximate surface area is 91.9 Å². The van der Waals surface area contributed by atoms with Crippen LogP contribution >= 0.6 is 11.8 Å². The van der Waals surface area contributed by atoms with Crippen LogP contribution in [0.15, 0.2) is 47.4 Å². The molecule has 0 aliphatic carbocycles. The highest BCUT2D eigenvalue weighted by Gasteiger charge is 2.03. The van der Waals surface area contributed by atoms with Crippen molar-refractivity contribution in [2.24, 2.45) is 0 Å². The Morgan fingerprint density at radius 1 is 1.13 bits per heavy atom. The lowest BCUT2D eigenvalue weighted by molar-refractivity contribution is -0.113. The highest BCUT2D eigenvalue weighted by atomic mass is 32.2. The monoisotopic (exact) mass is 218 g/mol. The molecule has 2 rings (SSSR count). The molecule has 0 aromatic heterocycles. The fourth-order valence-electron chi connectivity index (χ4n) is 1.39.